The number of nitrogens with one attached hydrogen (secondary N) is 2. The molecule has 1 amide bonds. The fraction of sp³-hybridized carbons (Fsp3) is 0.200. The summed E-state index contributed by atoms with van der Waals surface area (Å²) in [6.45, 7) is 0. The van der Waals surface area contributed by atoms with Crippen molar-refractivity contribution in [3.8, 4) is 0 Å². The number of amides is 1. The van der Waals surface area contributed by atoms with Crippen LogP contribution in [-0.2, 0) is 4.79 Å². The van der Waals surface area contributed by atoms with Crippen LogP contribution in [0.5, 0.6) is 0 Å². The predicted molar refractivity (Wildman–Crippen MR) is 44.1 cm³/mol. The second kappa shape index (κ2) is 2.94. The molecule has 0 unspecified atom stereocenters. The summed E-state index contributed by atoms with van der Waals surface area (Å²) < 4.78 is 0. The number of rotatable bonds is 1. The van der Waals surface area contributed by atoms with Crippen LogP contribution in [0.2, 0.25) is 0 Å². The third kappa shape index (κ3) is 1.45. The molecular weight excluding hydrogens is 178 g/mol. The molecule has 0 spiro atoms. The predicted octanol–water partition coefficient (Wildman–Crippen LogP) is -0.345. The Kier molecular flexibility index (Phi) is 1.78. The molecule has 1 aromatic heterocycles. The second-order valence-electron chi connectivity index (χ2n) is 2.06. The molecule has 2 heterocycles. The van der Waals surface area contributed by atoms with Crippen LogP contribution in [0.1, 0.15) is 0 Å². The van der Waals surface area contributed by atoms with Crippen molar-refractivity contribution >= 4 is 28.8 Å². The molecule has 1 aliphatic heterocycles. The summed E-state index contributed by atoms with van der Waals surface area (Å²) in [6.07, 6.45) is 1.36. The number of aliphatic imine (C=N–C) groups is 1. The van der Waals surface area contributed by atoms with Gasteiger partial charge in [-0.2, -0.15) is 15.1 Å². The summed E-state index contributed by atoms with van der Waals surface area (Å²) in [6, 6.07) is 0. The molecule has 6 nitrogen and oxygen atoms in total. The van der Waals surface area contributed by atoms with Gasteiger partial charge in [0.1, 0.15) is 6.33 Å². The molecule has 1 fully saturated rings. The first kappa shape index (κ1) is 7.29. The van der Waals surface area contributed by atoms with Crippen LogP contribution in [0, 0.1) is 0 Å². The number of nitrogens with zero attached hydrogens (tertiary/aromatic N) is 3. The highest BCUT2D eigenvalue weighted by molar-refractivity contribution is 8.15. The summed E-state index contributed by atoms with van der Waals surface area (Å²) >= 11 is 1.35. The summed E-state index contributed by atoms with van der Waals surface area (Å²) in [5.41, 5.74) is 0. The van der Waals surface area contributed by atoms with Crippen molar-refractivity contribution in [2.24, 2.45) is 4.99 Å². The highest BCUT2D eigenvalue weighted by Gasteiger charge is 2.16. The lowest BCUT2D eigenvalue weighted by Gasteiger charge is -1.90. The average Bonchev–Trinajstić information content (AvgIpc) is 2.63. The number of aromatic nitrogens is 3. The fourth-order valence-electron chi connectivity index (χ4n) is 0.735. The number of amidine groups is 1. The van der Waals surface area contributed by atoms with Crippen LogP contribution in [0.25, 0.3) is 0 Å². The summed E-state index contributed by atoms with van der Waals surface area (Å²) in [7, 11) is 0. The van der Waals surface area contributed by atoms with Crippen LogP contribution in [0.15, 0.2) is 11.3 Å². The SMILES string of the molecule is O=C1CS/C(=N\c2ncn[nH]2)N1. The molecule has 0 aliphatic carbocycles. The first-order valence-corrected chi connectivity index (χ1v) is 4.20. The van der Waals surface area contributed by atoms with E-state index in [0.29, 0.717) is 16.9 Å². The van der Waals surface area contributed by atoms with E-state index in [1.165, 1.54) is 18.1 Å². The van der Waals surface area contributed by atoms with Crippen molar-refractivity contribution in [2.75, 3.05) is 5.75 Å². The topological polar surface area (TPSA) is 83.0 Å². The van der Waals surface area contributed by atoms with Crippen molar-refractivity contribution in [2.45, 2.75) is 0 Å². The van der Waals surface area contributed by atoms with Crippen LogP contribution < -0.4 is 5.32 Å². The molecular formula is C5H5N5OS. The molecule has 2 rings (SSSR count). The monoisotopic (exact) mass is 183 g/mol. The van der Waals surface area contributed by atoms with E-state index >= 15 is 0 Å². The van der Waals surface area contributed by atoms with Gasteiger partial charge in [-0.05, 0) is 0 Å². The number of hydrogen-bond donors (Lipinski definition) is 2. The number of hydrogen-bond acceptors (Lipinski definition) is 5. The van der Waals surface area contributed by atoms with Gasteiger partial charge in [-0.1, -0.05) is 11.8 Å². The Morgan fingerprint density at radius 1 is 1.67 bits per heavy atom. The van der Waals surface area contributed by atoms with Gasteiger partial charge in [0, 0.05) is 0 Å². The zero-order chi connectivity index (χ0) is 8.39. The third-order valence-corrected chi connectivity index (χ3v) is 2.07. The summed E-state index contributed by atoms with van der Waals surface area (Å²) in [5.74, 6) is 0.797. The molecule has 1 saturated heterocycles. The minimum Gasteiger partial charge on any atom is -0.304 e. The Morgan fingerprint density at radius 3 is 3.17 bits per heavy atom. The summed E-state index contributed by atoms with van der Waals surface area (Å²) in [4.78, 5) is 18.5. The Balaban J connectivity index is 2.15. The summed E-state index contributed by atoms with van der Waals surface area (Å²) in [5, 5.41) is 9.33. The quantitative estimate of drug-likeness (QED) is 0.623. The van der Waals surface area contributed by atoms with Gasteiger partial charge in [0.15, 0.2) is 5.17 Å². The minimum absolute atomic E-state index is 0.0294. The van der Waals surface area contributed by atoms with Gasteiger partial charge in [-0.15, -0.1) is 0 Å². The molecule has 12 heavy (non-hydrogen) atoms. The van der Waals surface area contributed by atoms with E-state index in [2.05, 4.69) is 25.5 Å². The maximum absolute atomic E-state index is 10.7. The lowest BCUT2D eigenvalue weighted by atomic mass is 10.7. The van der Waals surface area contributed by atoms with Crippen molar-refractivity contribution < 1.29 is 4.79 Å². The zero-order valence-electron chi connectivity index (χ0n) is 5.94. The molecule has 1 aliphatic rings. The standard InChI is InChI=1S/C5H5N5OS/c11-3-1-12-5(8-3)9-4-6-2-7-10-4/h2H,1H2,(H2,6,7,8,9,10,11). The number of carbonyl (C=O) groups is 1. The highest BCUT2D eigenvalue weighted by Crippen LogP contribution is 2.12. The smallest absolute Gasteiger partial charge is 0.247 e. The molecule has 62 valence electrons. The van der Waals surface area contributed by atoms with Gasteiger partial charge in [0.2, 0.25) is 11.9 Å². The van der Waals surface area contributed by atoms with Gasteiger partial charge in [0.25, 0.3) is 0 Å². The van der Waals surface area contributed by atoms with E-state index < -0.39 is 0 Å². The highest BCUT2D eigenvalue weighted by atomic mass is 32.2. The van der Waals surface area contributed by atoms with Gasteiger partial charge in [-0.25, -0.2) is 5.10 Å². The van der Waals surface area contributed by atoms with Gasteiger partial charge < -0.3 is 5.32 Å². The number of thioether (sulfide) groups is 1. The fourth-order valence-corrected chi connectivity index (χ4v) is 1.41. The Labute approximate surface area is 71.9 Å². The maximum Gasteiger partial charge on any atom is 0.247 e. The van der Waals surface area contributed by atoms with Crippen molar-refractivity contribution in [1.29, 1.82) is 0 Å². The largest absolute Gasteiger partial charge is 0.304 e. The Hall–Kier alpha value is -1.37. The average molecular weight is 183 g/mol. The number of H-pyrrole nitrogens is 1. The number of aromatic amines is 1. The van der Waals surface area contributed by atoms with E-state index in [9.17, 15) is 4.79 Å². The molecule has 0 radical (unpaired) electrons. The zero-order valence-corrected chi connectivity index (χ0v) is 6.76. The van der Waals surface area contributed by atoms with Crippen LogP contribution in [-0.4, -0.2) is 32.0 Å². The first-order chi connectivity index (χ1) is 5.84. The molecule has 0 bridgehead atoms. The van der Waals surface area contributed by atoms with Crippen molar-refractivity contribution in [3.05, 3.63) is 6.33 Å². The molecule has 0 atom stereocenters. The second-order valence-corrected chi connectivity index (χ2v) is 3.03. The Bertz CT molecular complexity index is 319. The Morgan fingerprint density at radius 2 is 2.58 bits per heavy atom. The van der Waals surface area contributed by atoms with E-state index in [1.54, 1.807) is 0 Å². The molecule has 1 aromatic rings. The van der Waals surface area contributed by atoms with Crippen LogP contribution >= 0.6 is 11.8 Å². The lowest BCUT2D eigenvalue weighted by molar-refractivity contribution is -0.116. The third-order valence-electron chi connectivity index (χ3n) is 1.20. The molecule has 2 N–H and O–H groups in total. The van der Waals surface area contributed by atoms with Crippen LogP contribution in [0.4, 0.5) is 5.95 Å². The molecule has 7 heteroatoms. The van der Waals surface area contributed by atoms with Crippen molar-refractivity contribution in [3.63, 3.8) is 0 Å². The number of carbonyl (C=O) groups excluding carboxylic acids is 1. The first-order valence-electron chi connectivity index (χ1n) is 3.21. The van der Waals surface area contributed by atoms with Gasteiger partial charge >= 0.3 is 0 Å². The molecule has 0 saturated carbocycles. The van der Waals surface area contributed by atoms with E-state index in [-0.39, 0.29) is 5.91 Å². The lowest BCUT2D eigenvalue weighted by Crippen LogP contribution is -2.19. The van der Waals surface area contributed by atoms with Gasteiger partial charge in [0.05, 0.1) is 5.75 Å². The van der Waals surface area contributed by atoms with E-state index in [4.69, 9.17) is 0 Å². The van der Waals surface area contributed by atoms with Crippen molar-refractivity contribution in [1.82, 2.24) is 20.5 Å². The normalized spacial score (nSPS) is 20.0. The molecule has 0 aromatic carbocycles. The van der Waals surface area contributed by atoms with Crippen LogP contribution in [0.3, 0.4) is 0 Å². The minimum atomic E-state index is -0.0294. The van der Waals surface area contributed by atoms with E-state index in [1.807, 2.05) is 0 Å². The van der Waals surface area contributed by atoms with E-state index in [0.717, 1.165) is 0 Å². The maximum atomic E-state index is 10.7. The van der Waals surface area contributed by atoms with Gasteiger partial charge in [-0.3, -0.25) is 4.79 Å².